The van der Waals surface area contributed by atoms with Gasteiger partial charge in [-0.25, -0.2) is 9.37 Å². The first-order chi connectivity index (χ1) is 17.8. The topological polar surface area (TPSA) is 95.4 Å². The Kier molecular flexibility index (Phi) is 5.76. The van der Waals surface area contributed by atoms with Crippen molar-refractivity contribution >= 4 is 29.2 Å². The first-order valence-corrected chi connectivity index (χ1v) is 12.6. The molecule has 1 atom stereocenters. The summed E-state index contributed by atoms with van der Waals surface area (Å²) in [6.45, 7) is 6.22. The lowest BCUT2D eigenvalue weighted by Crippen LogP contribution is -2.60. The number of phenols is 1. The summed E-state index contributed by atoms with van der Waals surface area (Å²) < 4.78 is 26.7. The van der Waals surface area contributed by atoms with Gasteiger partial charge in [0.25, 0.3) is 5.91 Å². The molecular formula is C26H26ClFN4O5. The molecule has 11 heteroatoms. The van der Waals surface area contributed by atoms with Crippen LogP contribution in [0.3, 0.4) is 0 Å². The van der Waals surface area contributed by atoms with Gasteiger partial charge in [-0.05, 0) is 31.1 Å². The van der Waals surface area contributed by atoms with E-state index in [0.717, 1.165) is 12.8 Å². The Morgan fingerprint density at radius 2 is 2.08 bits per heavy atom. The number of pyridine rings is 1. The van der Waals surface area contributed by atoms with E-state index >= 15 is 0 Å². The zero-order valence-corrected chi connectivity index (χ0v) is 20.8. The van der Waals surface area contributed by atoms with E-state index in [1.807, 2.05) is 4.90 Å². The summed E-state index contributed by atoms with van der Waals surface area (Å²) in [5.74, 6) is -1.09. The van der Waals surface area contributed by atoms with E-state index in [2.05, 4.69) is 6.58 Å². The highest BCUT2D eigenvalue weighted by atomic mass is 35.5. The Balaban J connectivity index is 1.52. The molecule has 3 fully saturated rings. The monoisotopic (exact) mass is 528 g/mol. The van der Waals surface area contributed by atoms with Crippen molar-refractivity contribution < 1.29 is 28.6 Å². The van der Waals surface area contributed by atoms with Gasteiger partial charge < -0.3 is 29.3 Å². The number of aromatic nitrogens is 1. The van der Waals surface area contributed by atoms with Crippen LogP contribution in [0.25, 0.3) is 11.3 Å². The highest BCUT2D eigenvalue weighted by Gasteiger charge is 2.50. The molecule has 0 saturated carbocycles. The number of phenolic OH excluding ortho intramolecular Hbond substituents is 1. The Bertz CT molecular complexity index is 1300. The zero-order chi connectivity index (χ0) is 25.9. The number of ether oxygens (including phenoxy) is 2. The summed E-state index contributed by atoms with van der Waals surface area (Å²) in [6, 6.07) is 3.55. The normalized spacial score (nSPS) is 22.2. The number of fused-ring (bicyclic) bond motifs is 2. The molecule has 194 valence electrons. The minimum Gasteiger partial charge on any atom is -0.507 e. The summed E-state index contributed by atoms with van der Waals surface area (Å²) >= 11 is 6.78. The van der Waals surface area contributed by atoms with Crippen LogP contribution in [-0.4, -0.2) is 89.3 Å². The zero-order valence-electron chi connectivity index (χ0n) is 20.1. The van der Waals surface area contributed by atoms with Gasteiger partial charge in [0.2, 0.25) is 5.91 Å². The predicted molar refractivity (Wildman–Crippen MR) is 134 cm³/mol. The van der Waals surface area contributed by atoms with Crippen molar-refractivity contribution in [1.82, 2.24) is 14.8 Å². The van der Waals surface area contributed by atoms with Gasteiger partial charge in [-0.2, -0.15) is 0 Å². The van der Waals surface area contributed by atoms with Crippen LogP contribution in [0.15, 0.2) is 30.9 Å². The lowest BCUT2D eigenvalue weighted by Gasteiger charge is -2.46. The third-order valence-electron chi connectivity index (χ3n) is 7.76. The number of halogens is 2. The fourth-order valence-electron chi connectivity index (χ4n) is 5.79. The Morgan fingerprint density at radius 1 is 1.27 bits per heavy atom. The smallest absolute Gasteiger partial charge is 0.261 e. The number of rotatable bonds is 3. The fourth-order valence-corrected chi connectivity index (χ4v) is 6.08. The molecule has 2 amide bonds. The number of hydrogen-bond donors (Lipinski definition) is 1. The molecule has 1 spiro atoms. The van der Waals surface area contributed by atoms with Gasteiger partial charge in [0.15, 0.2) is 5.75 Å². The van der Waals surface area contributed by atoms with Crippen molar-refractivity contribution in [2.75, 3.05) is 50.9 Å². The second-order valence-corrected chi connectivity index (χ2v) is 10.2. The highest BCUT2D eigenvalue weighted by molar-refractivity contribution is 6.35. The van der Waals surface area contributed by atoms with Crippen LogP contribution in [-0.2, 0) is 9.53 Å². The van der Waals surface area contributed by atoms with Gasteiger partial charge in [-0.15, -0.1) is 0 Å². The third-order valence-corrected chi connectivity index (χ3v) is 8.11. The van der Waals surface area contributed by atoms with Crippen LogP contribution in [0.1, 0.15) is 23.2 Å². The fraction of sp³-hybridized carbons (Fsp3) is 0.423. The number of nitrogens with zero attached hydrogens (tertiary/aromatic N) is 4. The number of piperazine rings is 1. The summed E-state index contributed by atoms with van der Waals surface area (Å²) in [4.78, 5) is 36.5. The maximum absolute atomic E-state index is 15.0. The molecule has 1 aromatic heterocycles. The van der Waals surface area contributed by atoms with Crippen LogP contribution in [0.4, 0.5) is 10.2 Å². The number of carbonyl (C=O) groups is 2. The largest absolute Gasteiger partial charge is 0.507 e. The van der Waals surface area contributed by atoms with Gasteiger partial charge in [0.1, 0.15) is 40.3 Å². The molecule has 4 aliphatic rings. The van der Waals surface area contributed by atoms with Gasteiger partial charge >= 0.3 is 0 Å². The number of amides is 2. The number of anilines is 1. The van der Waals surface area contributed by atoms with Crippen molar-refractivity contribution in [3.05, 3.63) is 47.3 Å². The highest BCUT2D eigenvalue weighted by Crippen LogP contribution is 2.49. The van der Waals surface area contributed by atoms with Crippen molar-refractivity contribution in [1.29, 1.82) is 0 Å². The second-order valence-electron chi connectivity index (χ2n) is 9.86. The second kappa shape index (κ2) is 8.88. The Labute approximate surface area is 218 Å². The maximum atomic E-state index is 15.0. The number of carbonyl (C=O) groups excluding carboxylic acids is 2. The van der Waals surface area contributed by atoms with E-state index < -0.39 is 11.9 Å². The lowest BCUT2D eigenvalue weighted by molar-refractivity contribution is -0.128. The maximum Gasteiger partial charge on any atom is 0.261 e. The van der Waals surface area contributed by atoms with Crippen molar-refractivity contribution in [3.8, 4) is 22.8 Å². The minimum atomic E-state index is -0.695. The van der Waals surface area contributed by atoms with E-state index in [1.165, 1.54) is 24.3 Å². The first kappa shape index (κ1) is 24.0. The molecule has 1 aromatic carbocycles. The molecule has 9 nitrogen and oxygen atoms in total. The molecule has 37 heavy (non-hydrogen) atoms. The third kappa shape index (κ3) is 3.65. The molecule has 0 aliphatic carbocycles. The van der Waals surface area contributed by atoms with Crippen molar-refractivity contribution in [3.63, 3.8) is 0 Å². The minimum absolute atomic E-state index is 0.00411. The Hall–Kier alpha value is -3.37. The number of benzene rings is 1. The van der Waals surface area contributed by atoms with Gasteiger partial charge in [-0.1, -0.05) is 24.2 Å². The van der Waals surface area contributed by atoms with E-state index in [9.17, 15) is 19.1 Å². The summed E-state index contributed by atoms with van der Waals surface area (Å²) in [5.41, 5.74) is -0.256. The summed E-state index contributed by atoms with van der Waals surface area (Å²) in [6.07, 6.45) is 3.00. The van der Waals surface area contributed by atoms with Crippen LogP contribution in [0, 0.1) is 5.82 Å². The van der Waals surface area contributed by atoms with E-state index in [1.54, 1.807) is 9.80 Å². The Morgan fingerprint density at radius 3 is 2.78 bits per heavy atom. The SMILES string of the molecule is C=CC(=O)N1CCN2C(=O)c3c(N4CCCC45COC5)nc(-c4c(O)cccc4F)c(Cl)c3OCC2C1. The standard InChI is InChI=1S/C26H26ClFN4O5/c1-2-18(34)30-9-10-31-15(11-30)12-37-23-20(25(31)35)24(32-8-4-7-26(32)13-36-14-26)29-22(21(23)27)19-16(28)5-3-6-17(19)33/h2-3,5-6,15,33H,1,4,7-14H2. The average Bonchev–Trinajstić information content (AvgIpc) is 3.27. The van der Waals surface area contributed by atoms with Crippen LogP contribution in [0.2, 0.25) is 5.02 Å². The van der Waals surface area contributed by atoms with Crippen molar-refractivity contribution in [2.45, 2.75) is 24.4 Å². The van der Waals surface area contributed by atoms with Gasteiger partial charge in [-0.3, -0.25) is 9.59 Å². The van der Waals surface area contributed by atoms with E-state index in [0.29, 0.717) is 38.7 Å². The summed E-state index contributed by atoms with van der Waals surface area (Å²) in [7, 11) is 0. The number of hydrogen-bond acceptors (Lipinski definition) is 7. The molecule has 5 heterocycles. The molecule has 0 radical (unpaired) electrons. The summed E-state index contributed by atoms with van der Waals surface area (Å²) in [5, 5.41) is 10.5. The molecule has 1 unspecified atom stereocenters. The van der Waals surface area contributed by atoms with Crippen LogP contribution < -0.4 is 9.64 Å². The molecular weight excluding hydrogens is 503 g/mol. The molecule has 3 saturated heterocycles. The van der Waals surface area contributed by atoms with Crippen molar-refractivity contribution in [2.24, 2.45) is 0 Å². The van der Waals surface area contributed by atoms with Gasteiger partial charge in [0.05, 0.1) is 30.4 Å². The molecule has 4 aliphatic heterocycles. The quantitative estimate of drug-likeness (QED) is 0.612. The molecule has 1 N–H and O–H groups in total. The van der Waals surface area contributed by atoms with E-state index in [-0.39, 0.29) is 63.8 Å². The first-order valence-electron chi connectivity index (χ1n) is 12.3. The van der Waals surface area contributed by atoms with Crippen LogP contribution >= 0.6 is 11.6 Å². The molecule has 0 bridgehead atoms. The van der Waals surface area contributed by atoms with Gasteiger partial charge in [0, 0.05) is 26.2 Å². The number of aromatic hydroxyl groups is 1. The lowest BCUT2D eigenvalue weighted by atomic mass is 9.93. The predicted octanol–water partition coefficient (Wildman–Crippen LogP) is 2.85. The molecule has 6 rings (SSSR count). The average molecular weight is 529 g/mol. The van der Waals surface area contributed by atoms with E-state index in [4.69, 9.17) is 26.1 Å². The molecule has 2 aromatic rings. The van der Waals surface area contributed by atoms with Crippen LogP contribution in [0.5, 0.6) is 11.5 Å².